The molecule has 154 valence electrons. The zero-order valence-corrected chi connectivity index (χ0v) is 16.1. The molecular weight excluding hydrogens is 392 g/mol. The van der Waals surface area contributed by atoms with Crippen molar-refractivity contribution in [2.75, 3.05) is 13.1 Å². The first-order chi connectivity index (χ1) is 14.4. The van der Waals surface area contributed by atoms with Crippen molar-refractivity contribution in [3.63, 3.8) is 0 Å². The molecule has 1 N–H and O–H groups in total. The first-order valence-electron chi connectivity index (χ1n) is 9.51. The standard InChI is InChI=1S/C22H19F2N3O3/c1-2-26-12-17(27-20(22(26)30)21(29)18(28)11-25-27)19(13-5-3-7-15(23)9-13)14-6-4-8-16(24)10-14/h3-11,17,19,29H,2,12H2,1H3. The fourth-order valence-corrected chi connectivity index (χ4v) is 4.00. The van der Waals surface area contributed by atoms with Gasteiger partial charge in [-0.15, -0.1) is 0 Å². The lowest BCUT2D eigenvalue weighted by atomic mass is 9.83. The minimum atomic E-state index is -0.764. The molecule has 0 bridgehead atoms. The first-order valence-corrected chi connectivity index (χ1v) is 9.51. The Bertz CT molecular complexity index is 1130. The molecule has 0 fully saturated rings. The number of hydrogen-bond donors (Lipinski definition) is 1. The van der Waals surface area contributed by atoms with Crippen molar-refractivity contribution in [1.29, 1.82) is 0 Å². The van der Waals surface area contributed by atoms with Crippen molar-refractivity contribution in [2.24, 2.45) is 0 Å². The maximum Gasteiger partial charge on any atom is 0.276 e. The van der Waals surface area contributed by atoms with Crippen LogP contribution in [0, 0.1) is 11.6 Å². The van der Waals surface area contributed by atoms with Crippen molar-refractivity contribution in [2.45, 2.75) is 18.9 Å². The summed E-state index contributed by atoms with van der Waals surface area (Å²) in [5, 5.41) is 14.4. The summed E-state index contributed by atoms with van der Waals surface area (Å²) in [6.07, 6.45) is 0.939. The van der Waals surface area contributed by atoms with E-state index in [1.165, 1.54) is 33.8 Å². The molecule has 0 radical (unpaired) electrons. The van der Waals surface area contributed by atoms with Gasteiger partial charge in [0.05, 0.1) is 12.2 Å². The molecule has 1 atom stereocenters. The molecule has 6 nitrogen and oxygen atoms in total. The lowest BCUT2D eigenvalue weighted by Crippen LogP contribution is -2.46. The van der Waals surface area contributed by atoms with E-state index in [2.05, 4.69) is 5.10 Å². The fraction of sp³-hybridized carbons (Fsp3) is 0.227. The van der Waals surface area contributed by atoms with Crippen LogP contribution in [0.3, 0.4) is 0 Å². The van der Waals surface area contributed by atoms with Gasteiger partial charge in [-0.3, -0.25) is 14.3 Å². The highest BCUT2D eigenvalue weighted by Gasteiger charge is 2.39. The van der Waals surface area contributed by atoms with E-state index in [9.17, 15) is 23.5 Å². The van der Waals surface area contributed by atoms with Gasteiger partial charge in [-0.25, -0.2) is 8.78 Å². The van der Waals surface area contributed by atoms with Gasteiger partial charge < -0.3 is 10.0 Å². The van der Waals surface area contributed by atoms with Crippen LogP contribution >= 0.6 is 0 Å². The fourth-order valence-electron chi connectivity index (χ4n) is 4.00. The van der Waals surface area contributed by atoms with Gasteiger partial charge >= 0.3 is 0 Å². The van der Waals surface area contributed by atoms with Gasteiger partial charge in [0.15, 0.2) is 11.4 Å². The van der Waals surface area contributed by atoms with E-state index in [1.54, 1.807) is 31.2 Å². The summed E-state index contributed by atoms with van der Waals surface area (Å²) < 4.78 is 29.4. The molecule has 1 aliphatic heterocycles. The van der Waals surface area contributed by atoms with Gasteiger partial charge in [0, 0.05) is 19.0 Å². The van der Waals surface area contributed by atoms with Gasteiger partial charge in [0.1, 0.15) is 11.6 Å². The summed E-state index contributed by atoms with van der Waals surface area (Å²) in [6.45, 7) is 2.29. The molecule has 8 heteroatoms. The number of rotatable bonds is 4. The quantitative estimate of drug-likeness (QED) is 0.716. The third kappa shape index (κ3) is 3.34. The molecule has 1 aliphatic rings. The summed E-state index contributed by atoms with van der Waals surface area (Å²) in [4.78, 5) is 26.2. The summed E-state index contributed by atoms with van der Waals surface area (Å²) in [5.41, 5.74) is 0.127. The van der Waals surface area contributed by atoms with Gasteiger partial charge in [0.2, 0.25) is 5.43 Å². The SMILES string of the molecule is CCN1CC(C(c2cccc(F)c2)c2cccc(F)c2)n2ncc(=O)c(O)c2C1=O. The van der Waals surface area contributed by atoms with Crippen LogP contribution in [0.1, 0.15) is 40.5 Å². The minimum Gasteiger partial charge on any atom is -0.502 e. The third-order valence-electron chi connectivity index (χ3n) is 5.38. The number of carbonyl (C=O) groups is 1. The second-order valence-corrected chi connectivity index (χ2v) is 7.15. The molecule has 0 saturated carbocycles. The maximum absolute atomic E-state index is 14.1. The molecule has 2 heterocycles. The molecule has 0 saturated heterocycles. The largest absolute Gasteiger partial charge is 0.502 e. The average Bonchev–Trinajstić information content (AvgIpc) is 2.72. The third-order valence-corrected chi connectivity index (χ3v) is 5.38. The molecule has 1 amide bonds. The number of amides is 1. The van der Waals surface area contributed by atoms with E-state index in [0.717, 1.165) is 6.20 Å². The van der Waals surface area contributed by atoms with Crippen molar-refractivity contribution >= 4 is 5.91 Å². The Morgan fingerprint density at radius 2 is 1.70 bits per heavy atom. The number of hydrogen-bond acceptors (Lipinski definition) is 4. The molecule has 30 heavy (non-hydrogen) atoms. The van der Waals surface area contributed by atoms with Crippen LogP contribution in [0.2, 0.25) is 0 Å². The van der Waals surface area contributed by atoms with Crippen LogP contribution in [-0.4, -0.2) is 38.8 Å². The van der Waals surface area contributed by atoms with Crippen molar-refractivity contribution < 1.29 is 18.7 Å². The molecule has 4 rings (SSSR count). The van der Waals surface area contributed by atoms with Gasteiger partial charge in [-0.2, -0.15) is 5.10 Å². The highest BCUT2D eigenvalue weighted by molar-refractivity contribution is 5.95. The molecule has 0 spiro atoms. The maximum atomic E-state index is 14.1. The predicted octanol–water partition coefficient (Wildman–Crippen LogP) is 3.08. The average molecular weight is 411 g/mol. The summed E-state index contributed by atoms with van der Waals surface area (Å²) in [7, 11) is 0. The Balaban J connectivity index is 1.97. The van der Waals surface area contributed by atoms with E-state index >= 15 is 0 Å². The Morgan fingerprint density at radius 3 is 2.23 bits per heavy atom. The number of aromatic nitrogens is 2. The van der Waals surface area contributed by atoms with Crippen LogP contribution in [0.4, 0.5) is 8.78 Å². The number of aromatic hydroxyl groups is 1. The zero-order chi connectivity index (χ0) is 21.4. The van der Waals surface area contributed by atoms with Crippen LogP contribution in [-0.2, 0) is 0 Å². The van der Waals surface area contributed by atoms with Crippen LogP contribution in [0.5, 0.6) is 5.75 Å². The predicted molar refractivity (Wildman–Crippen MR) is 105 cm³/mol. The van der Waals surface area contributed by atoms with Crippen LogP contribution < -0.4 is 5.43 Å². The number of likely N-dealkylation sites (N-methyl/N-ethyl adjacent to an activating group) is 1. The first kappa shape index (κ1) is 19.8. The van der Waals surface area contributed by atoms with Crippen LogP contribution in [0.25, 0.3) is 0 Å². The molecule has 2 aromatic carbocycles. The monoisotopic (exact) mass is 411 g/mol. The highest BCUT2D eigenvalue weighted by atomic mass is 19.1. The van der Waals surface area contributed by atoms with E-state index in [1.807, 2.05) is 0 Å². The second-order valence-electron chi connectivity index (χ2n) is 7.15. The van der Waals surface area contributed by atoms with Crippen molar-refractivity contribution in [1.82, 2.24) is 14.7 Å². The Morgan fingerprint density at radius 1 is 1.10 bits per heavy atom. The van der Waals surface area contributed by atoms with Crippen molar-refractivity contribution in [3.8, 4) is 5.75 Å². The molecular formula is C22H19F2N3O3. The van der Waals surface area contributed by atoms with E-state index < -0.39 is 40.7 Å². The second kappa shape index (κ2) is 7.70. The highest BCUT2D eigenvalue weighted by Crippen LogP contribution is 2.39. The lowest BCUT2D eigenvalue weighted by Gasteiger charge is -2.38. The summed E-state index contributed by atoms with van der Waals surface area (Å²) >= 11 is 0. The van der Waals surface area contributed by atoms with Crippen LogP contribution in [0.15, 0.2) is 59.5 Å². The molecule has 3 aromatic rings. The molecule has 1 unspecified atom stereocenters. The summed E-state index contributed by atoms with van der Waals surface area (Å²) in [5.74, 6) is -2.70. The normalized spacial score (nSPS) is 16.1. The number of nitrogens with zero attached hydrogens (tertiary/aromatic N) is 3. The number of fused-ring (bicyclic) bond motifs is 1. The van der Waals surface area contributed by atoms with Gasteiger partial charge in [0.25, 0.3) is 5.91 Å². The number of halogens is 2. The number of carbonyl (C=O) groups excluding carboxylic acids is 1. The minimum absolute atomic E-state index is 0.190. The van der Waals surface area contributed by atoms with E-state index in [-0.39, 0.29) is 12.2 Å². The Kier molecular flexibility index (Phi) is 5.07. The Hall–Kier alpha value is -3.55. The molecule has 0 aliphatic carbocycles. The molecule has 1 aromatic heterocycles. The number of benzene rings is 2. The van der Waals surface area contributed by atoms with E-state index in [0.29, 0.717) is 17.7 Å². The van der Waals surface area contributed by atoms with E-state index in [4.69, 9.17) is 0 Å². The van der Waals surface area contributed by atoms with Gasteiger partial charge in [-0.05, 0) is 42.3 Å². The van der Waals surface area contributed by atoms with Crippen molar-refractivity contribution in [3.05, 3.63) is 93.4 Å². The topological polar surface area (TPSA) is 75.4 Å². The smallest absolute Gasteiger partial charge is 0.276 e. The zero-order valence-electron chi connectivity index (χ0n) is 16.1. The van der Waals surface area contributed by atoms with Gasteiger partial charge in [-0.1, -0.05) is 24.3 Å². The lowest BCUT2D eigenvalue weighted by molar-refractivity contribution is 0.0645. The summed E-state index contributed by atoms with van der Waals surface area (Å²) in [6, 6.07) is 11.3. The Labute approximate surface area is 171 Å².